The van der Waals surface area contributed by atoms with Gasteiger partial charge in [0.15, 0.2) is 0 Å². The molecule has 6 heteroatoms. The number of hydrogen-bond donors (Lipinski definition) is 1. The predicted octanol–water partition coefficient (Wildman–Crippen LogP) is 4.03. The van der Waals surface area contributed by atoms with Crippen molar-refractivity contribution in [1.82, 2.24) is 15.3 Å². The highest BCUT2D eigenvalue weighted by molar-refractivity contribution is 7.13. The second kappa shape index (κ2) is 7.99. The zero-order valence-corrected chi connectivity index (χ0v) is 14.9. The molecule has 3 heterocycles. The minimum absolute atomic E-state index is 0.0360. The van der Waals surface area contributed by atoms with Crippen molar-refractivity contribution in [2.24, 2.45) is 0 Å². The number of hydrogen-bond acceptors (Lipinski definition) is 5. The number of thiazole rings is 1. The van der Waals surface area contributed by atoms with Gasteiger partial charge in [-0.05, 0) is 36.6 Å². The van der Waals surface area contributed by atoms with Gasteiger partial charge >= 0.3 is 0 Å². The fourth-order valence-electron chi connectivity index (χ4n) is 2.14. The highest BCUT2D eigenvalue weighted by atomic mass is 32.1. The molecule has 0 spiro atoms. The van der Waals surface area contributed by atoms with Crippen LogP contribution in [-0.4, -0.2) is 22.4 Å². The van der Waals surface area contributed by atoms with Crippen LogP contribution in [0.2, 0.25) is 0 Å². The second-order valence-electron chi connectivity index (χ2n) is 5.23. The Morgan fingerprint density at radius 1 is 1.29 bits per heavy atom. The monoisotopic (exact) mass is 355 g/mol. The van der Waals surface area contributed by atoms with E-state index in [1.807, 2.05) is 54.2 Å². The van der Waals surface area contributed by atoms with Gasteiger partial charge in [0.2, 0.25) is 5.91 Å². The van der Waals surface area contributed by atoms with Crippen LogP contribution in [0.4, 0.5) is 0 Å². The van der Waals surface area contributed by atoms with E-state index in [0.29, 0.717) is 12.1 Å². The SMILES string of the molecule is C/C(=C\c1cccs1)C(=O)NCCc1csc(-c2cccnc2)n1. The normalized spacial score (nSPS) is 11.5. The van der Waals surface area contributed by atoms with Crippen molar-refractivity contribution in [3.8, 4) is 10.6 Å². The summed E-state index contributed by atoms with van der Waals surface area (Å²) < 4.78 is 0. The highest BCUT2D eigenvalue weighted by Gasteiger charge is 2.07. The van der Waals surface area contributed by atoms with Crippen LogP contribution in [0.15, 0.2) is 53.0 Å². The van der Waals surface area contributed by atoms with Crippen LogP contribution in [0, 0.1) is 0 Å². The molecule has 3 rings (SSSR count). The first-order valence-corrected chi connectivity index (χ1v) is 9.33. The molecule has 0 saturated carbocycles. The maximum Gasteiger partial charge on any atom is 0.246 e. The Bertz CT molecular complexity index is 823. The van der Waals surface area contributed by atoms with E-state index in [9.17, 15) is 4.79 Å². The quantitative estimate of drug-likeness (QED) is 0.679. The molecule has 0 aliphatic heterocycles. The van der Waals surface area contributed by atoms with Gasteiger partial charge in [0, 0.05) is 46.8 Å². The molecule has 3 aromatic rings. The van der Waals surface area contributed by atoms with Crippen molar-refractivity contribution < 1.29 is 4.79 Å². The van der Waals surface area contributed by atoms with E-state index < -0.39 is 0 Å². The third kappa shape index (κ3) is 4.37. The van der Waals surface area contributed by atoms with Crippen LogP contribution in [-0.2, 0) is 11.2 Å². The lowest BCUT2D eigenvalue weighted by atomic mass is 10.2. The fourth-order valence-corrected chi connectivity index (χ4v) is 3.70. The number of thiophene rings is 1. The van der Waals surface area contributed by atoms with Crippen LogP contribution in [0.25, 0.3) is 16.6 Å². The van der Waals surface area contributed by atoms with Crippen molar-refractivity contribution in [2.75, 3.05) is 6.54 Å². The number of aromatic nitrogens is 2. The molecule has 122 valence electrons. The van der Waals surface area contributed by atoms with E-state index in [1.165, 1.54) is 0 Å². The molecular formula is C18H17N3OS2. The van der Waals surface area contributed by atoms with Crippen LogP contribution in [0.5, 0.6) is 0 Å². The summed E-state index contributed by atoms with van der Waals surface area (Å²) in [7, 11) is 0. The molecule has 0 unspecified atom stereocenters. The Kier molecular flexibility index (Phi) is 5.51. The van der Waals surface area contributed by atoms with Gasteiger partial charge in [-0.1, -0.05) is 6.07 Å². The maximum absolute atomic E-state index is 12.1. The largest absolute Gasteiger partial charge is 0.352 e. The van der Waals surface area contributed by atoms with Gasteiger partial charge in [0.1, 0.15) is 5.01 Å². The van der Waals surface area contributed by atoms with E-state index in [-0.39, 0.29) is 5.91 Å². The summed E-state index contributed by atoms with van der Waals surface area (Å²) in [4.78, 5) is 21.9. The standard InChI is InChI=1S/C18H17N3OS2/c1-13(10-16-5-3-9-23-16)17(22)20-8-6-15-12-24-18(21-15)14-4-2-7-19-11-14/h2-5,7,9-12H,6,8H2,1H3,(H,20,22)/b13-10+. The number of nitrogens with zero attached hydrogens (tertiary/aromatic N) is 2. The third-order valence-electron chi connectivity index (χ3n) is 3.39. The van der Waals surface area contributed by atoms with Crippen LogP contribution in [0.3, 0.4) is 0 Å². The lowest BCUT2D eigenvalue weighted by Crippen LogP contribution is -2.26. The number of pyridine rings is 1. The maximum atomic E-state index is 12.1. The van der Waals surface area contributed by atoms with Crippen LogP contribution < -0.4 is 5.32 Å². The van der Waals surface area contributed by atoms with E-state index >= 15 is 0 Å². The topological polar surface area (TPSA) is 54.9 Å². The first-order valence-electron chi connectivity index (χ1n) is 7.57. The molecule has 0 fully saturated rings. The van der Waals surface area contributed by atoms with Crippen molar-refractivity contribution in [1.29, 1.82) is 0 Å². The van der Waals surface area contributed by atoms with E-state index in [1.54, 1.807) is 28.9 Å². The van der Waals surface area contributed by atoms with E-state index in [4.69, 9.17) is 0 Å². The number of amides is 1. The van der Waals surface area contributed by atoms with Gasteiger partial charge in [-0.2, -0.15) is 0 Å². The molecular weight excluding hydrogens is 338 g/mol. The van der Waals surface area contributed by atoms with Gasteiger partial charge in [0.25, 0.3) is 0 Å². The van der Waals surface area contributed by atoms with Crippen LogP contribution >= 0.6 is 22.7 Å². The minimum atomic E-state index is -0.0360. The fraction of sp³-hybridized carbons (Fsp3) is 0.167. The molecule has 0 aromatic carbocycles. The predicted molar refractivity (Wildman–Crippen MR) is 100 cm³/mol. The average Bonchev–Trinajstić information content (AvgIpc) is 3.27. The van der Waals surface area contributed by atoms with E-state index in [0.717, 1.165) is 27.6 Å². The summed E-state index contributed by atoms with van der Waals surface area (Å²) in [5.74, 6) is -0.0360. The Hall–Kier alpha value is -2.31. The van der Waals surface area contributed by atoms with Crippen molar-refractivity contribution in [3.63, 3.8) is 0 Å². The molecule has 0 aliphatic carbocycles. The van der Waals surface area contributed by atoms with Gasteiger partial charge < -0.3 is 5.32 Å². The molecule has 0 atom stereocenters. The Balaban J connectivity index is 1.52. The van der Waals surface area contributed by atoms with Gasteiger partial charge in [-0.25, -0.2) is 4.98 Å². The first kappa shape index (κ1) is 16.5. The number of carbonyl (C=O) groups is 1. The van der Waals surface area contributed by atoms with Gasteiger partial charge in [-0.3, -0.25) is 9.78 Å². The number of rotatable bonds is 6. The van der Waals surface area contributed by atoms with Crippen LogP contribution in [0.1, 0.15) is 17.5 Å². The summed E-state index contributed by atoms with van der Waals surface area (Å²) in [5.41, 5.74) is 2.72. The number of carbonyl (C=O) groups excluding carboxylic acids is 1. The average molecular weight is 355 g/mol. The molecule has 0 aliphatic rings. The zero-order valence-electron chi connectivity index (χ0n) is 13.2. The third-order valence-corrected chi connectivity index (χ3v) is 5.15. The first-order chi connectivity index (χ1) is 11.7. The number of nitrogens with one attached hydrogen (secondary N) is 1. The minimum Gasteiger partial charge on any atom is -0.352 e. The Morgan fingerprint density at radius 3 is 2.96 bits per heavy atom. The Labute approximate surface area is 148 Å². The highest BCUT2D eigenvalue weighted by Crippen LogP contribution is 2.22. The molecule has 24 heavy (non-hydrogen) atoms. The molecule has 1 amide bonds. The summed E-state index contributed by atoms with van der Waals surface area (Å²) in [6.45, 7) is 2.41. The molecule has 1 N–H and O–H groups in total. The summed E-state index contributed by atoms with van der Waals surface area (Å²) in [5, 5.41) is 7.93. The molecule has 0 radical (unpaired) electrons. The molecule has 4 nitrogen and oxygen atoms in total. The Morgan fingerprint density at radius 2 is 2.21 bits per heavy atom. The molecule has 0 bridgehead atoms. The zero-order chi connectivity index (χ0) is 16.8. The van der Waals surface area contributed by atoms with Crippen molar-refractivity contribution >= 4 is 34.7 Å². The van der Waals surface area contributed by atoms with E-state index in [2.05, 4.69) is 15.3 Å². The lowest BCUT2D eigenvalue weighted by molar-refractivity contribution is -0.117. The lowest BCUT2D eigenvalue weighted by Gasteiger charge is -2.04. The summed E-state index contributed by atoms with van der Waals surface area (Å²) in [6.07, 6.45) is 6.18. The smallest absolute Gasteiger partial charge is 0.246 e. The van der Waals surface area contributed by atoms with Gasteiger partial charge in [0.05, 0.1) is 5.69 Å². The second-order valence-corrected chi connectivity index (χ2v) is 7.07. The molecule has 3 aromatic heterocycles. The molecule has 0 saturated heterocycles. The summed E-state index contributed by atoms with van der Waals surface area (Å²) >= 11 is 3.22. The summed E-state index contributed by atoms with van der Waals surface area (Å²) in [6, 6.07) is 7.87. The van der Waals surface area contributed by atoms with Gasteiger partial charge in [-0.15, -0.1) is 22.7 Å². The van der Waals surface area contributed by atoms with Crippen molar-refractivity contribution in [2.45, 2.75) is 13.3 Å². The van der Waals surface area contributed by atoms with Crippen molar-refractivity contribution in [3.05, 3.63) is 63.6 Å².